The highest BCUT2D eigenvalue weighted by atomic mass is 79.9. The van der Waals surface area contributed by atoms with Gasteiger partial charge in [-0.2, -0.15) is 0 Å². The molecule has 60 valence electrons. The van der Waals surface area contributed by atoms with Crippen molar-refractivity contribution in [3.8, 4) is 0 Å². The van der Waals surface area contributed by atoms with Gasteiger partial charge in [0.1, 0.15) is 0 Å². The summed E-state index contributed by atoms with van der Waals surface area (Å²) in [5.41, 5.74) is 5.68. The monoisotopic (exact) mass is 215 g/mol. The second-order valence-corrected chi connectivity index (χ2v) is 3.03. The van der Waals surface area contributed by atoms with Gasteiger partial charge in [0.25, 0.3) is 0 Å². The summed E-state index contributed by atoms with van der Waals surface area (Å²) >= 11 is 3.11. The number of rotatable bonds is 2. The molecule has 0 radical (unpaired) electrons. The van der Waals surface area contributed by atoms with Crippen molar-refractivity contribution in [2.75, 3.05) is 5.33 Å². The number of Topliss-reactive ketones (excluding diaryl/α,β-unsaturated/α-hetero) is 1. The highest BCUT2D eigenvalue weighted by Crippen LogP contribution is 2.12. The molecule has 0 saturated heterocycles. The van der Waals surface area contributed by atoms with Crippen LogP contribution in [0.5, 0.6) is 0 Å². The number of hydrogen-bond acceptors (Lipinski definition) is 2. The maximum absolute atomic E-state index is 11.2. The van der Waals surface area contributed by atoms with E-state index in [9.17, 15) is 4.79 Å². The summed E-state index contributed by atoms with van der Waals surface area (Å²) in [7, 11) is 0. The molecule has 11 heavy (non-hydrogen) atoms. The SMILES string of the molecule is NC1C=CC=CC1C(=O)CBr. The van der Waals surface area contributed by atoms with Gasteiger partial charge in [-0.1, -0.05) is 40.2 Å². The van der Waals surface area contributed by atoms with E-state index in [1.807, 2.05) is 24.3 Å². The normalized spacial score (nSPS) is 28.9. The molecule has 2 unspecified atom stereocenters. The van der Waals surface area contributed by atoms with Crippen LogP contribution in [0, 0.1) is 5.92 Å². The Morgan fingerprint density at radius 1 is 1.45 bits per heavy atom. The Kier molecular flexibility index (Phi) is 3.02. The predicted molar refractivity (Wildman–Crippen MR) is 48.5 cm³/mol. The van der Waals surface area contributed by atoms with Gasteiger partial charge in [0, 0.05) is 6.04 Å². The zero-order chi connectivity index (χ0) is 8.27. The molecule has 3 heteroatoms. The lowest BCUT2D eigenvalue weighted by molar-refractivity contribution is -0.119. The van der Waals surface area contributed by atoms with Crippen molar-refractivity contribution in [2.45, 2.75) is 6.04 Å². The lowest BCUT2D eigenvalue weighted by Gasteiger charge is -2.17. The highest BCUT2D eigenvalue weighted by molar-refractivity contribution is 9.09. The third-order valence-electron chi connectivity index (χ3n) is 1.68. The van der Waals surface area contributed by atoms with Gasteiger partial charge in [0.2, 0.25) is 0 Å². The maximum Gasteiger partial charge on any atom is 0.152 e. The van der Waals surface area contributed by atoms with Crippen LogP contribution in [0.3, 0.4) is 0 Å². The predicted octanol–water partition coefficient (Wildman–Crippen LogP) is 1.02. The van der Waals surface area contributed by atoms with Crippen molar-refractivity contribution in [1.82, 2.24) is 0 Å². The van der Waals surface area contributed by atoms with Crippen molar-refractivity contribution in [2.24, 2.45) is 11.7 Å². The minimum atomic E-state index is -0.148. The van der Waals surface area contributed by atoms with Crippen molar-refractivity contribution in [1.29, 1.82) is 0 Å². The summed E-state index contributed by atoms with van der Waals surface area (Å²) in [4.78, 5) is 11.2. The first kappa shape index (κ1) is 8.68. The van der Waals surface area contributed by atoms with Crippen LogP contribution in [-0.2, 0) is 4.79 Å². The van der Waals surface area contributed by atoms with Crippen LogP contribution in [0.15, 0.2) is 24.3 Å². The van der Waals surface area contributed by atoms with E-state index in [4.69, 9.17) is 5.73 Å². The Morgan fingerprint density at radius 3 is 2.64 bits per heavy atom. The Hall–Kier alpha value is -0.410. The van der Waals surface area contributed by atoms with E-state index in [1.54, 1.807) is 0 Å². The lowest BCUT2D eigenvalue weighted by Crippen LogP contribution is -2.34. The quantitative estimate of drug-likeness (QED) is 0.700. The molecule has 0 aliphatic heterocycles. The number of carbonyl (C=O) groups excluding carboxylic acids is 1. The van der Waals surface area contributed by atoms with Crippen molar-refractivity contribution in [3.63, 3.8) is 0 Å². The number of nitrogens with two attached hydrogens (primary N) is 1. The molecule has 1 aliphatic carbocycles. The number of halogens is 1. The van der Waals surface area contributed by atoms with Gasteiger partial charge in [-0.05, 0) is 0 Å². The summed E-state index contributed by atoms with van der Waals surface area (Å²) in [5, 5.41) is 0.379. The first-order valence-electron chi connectivity index (χ1n) is 3.45. The van der Waals surface area contributed by atoms with Gasteiger partial charge < -0.3 is 5.73 Å². The van der Waals surface area contributed by atoms with Gasteiger partial charge in [0.15, 0.2) is 5.78 Å². The van der Waals surface area contributed by atoms with E-state index >= 15 is 0 Å². The molecular weight excluding hydrogens is 206 g/mol. The fraction of sp³-hybridized carbons (Fsp3) is 0.375. The van der Waals surface area contributed by atoms with Gasteiger partial charge in [0.05, 0.1) is 11.2 Å². The molecule has 1 rings (SSSR count). The molecule has 1 aliphatic rings. The molecule has 0 saturated carbocycles. The molecule has 2 nitrogen and oxygen atoms in total. The van der Waals surface area contributed by atoms with Crippen LogP contribution in [0.1, 0.15) is 0 Å². The van der Waals surface area contributed by atoms with Crippen molar-refractivity contribution in [3.05, 3.63) is 24.3 Å². The Balaban J connectivity index is 2.65. The largest absolute Gasteiger partial charge is 0.324 e. The fourth-order valence-corrected chi connectivity index (χ4v) is 1.41. The minimum Gasteiger partial charge on any atom is -0.324 e. The van der Waals surface area contributed by atoms with Gasteiger partial charge in [-0.15, -0.1) is 0 Å². The van der Waals surface area contributed by atoms with Crippen molar-refractivity contribution < 1.29 is 4.79 Å². The number of carbonyl (C=O) groups is 1. The Bertz CT molecular complexity index is 210. The zero-order valence-corrected chi connectivity index (χ0v) is 7.62. The van der Waals surface area contributed by atoms with E-state index in [0.29, 0.717) is 5.33 Å². The summed E-state index contributed by atoms with van der Waals surface area (Å²) in [6.45, 7) is 0. The van der Waals surface area contributed by atoms with Gasteiger partial charge >= 0.3 is 0 Å². The first-order chi connectivity index (χ1) is 5.25. The van der Waals surface area contributed by atoms with Gasteiger partial charge in [-0.3, -0.25) is 4.79 Å². The standard InChI is InChI=1S/C8H10BrNO/c9-5-8(11)6-3-1-2-4-7(6)10/h1-4,6-7H,5,10H2. The molecule has 2 N–H and O–H groups in total. The van der Waals surface area contributed by atoms with Crippen LogP contribution >= 0.6 is 15.9 Å². The summed E-state index contributed by atoms with van der Waals surface area (Å²) in [5.74, 6) is -0.00234. The number of ketones is 1. The van der Waals surface area contributed by atoms with Crippen LogP contribution in [0.2, 0.25) is 0 Å². The fourth-order valence-electron chi connectivity index (χ4n) is 1.04. The molecule has 0 heterocycles. The van der Waals surface area contributed by atoms with Crippen LogP contribution in [-0.4, -0.2) is 17.2 Å². The minimum absolute atomic E-state index is 0.137. The second-order valence-electron chi connectivity index (χ2n) is 2.47. The molecular formula is C8H10BrNO. The molecule has 0 bridgehead atoms. The summed E-state index contributed by atoms with van der Waals surface area (Å²) in [6, 6.07) is -0.148. The molecule has 0 aromatic carbocycles. The number of allylic oxidation sites excluding steroid dienone is 2. The van der Waals surface area contributed by atoms with Crippen LogP contribution < -0.4 is 5.73 Å². The average Bonchev–Trinajstić information content (AvgIpc) is 2.04. The van der Waals surface area contributed by atoms with Crippen LogP contribution in [0.25, 0.3) is 0 Å². The Morgan fingerprint density at radius 2 is 2.09 bits per heavy atom. The Labute approximate surface area is 74.3 Å². The number of alkyl halides is 1. The molecule has 0 fully saturated rings. The maximum atomic E-state index is 11.2. The average molecular weight is 216 g/mol. The third kappa shape index (κ3) is 2.01. The smallest absolute Gasteiger partial charge is 0.152 e. The third-order valence-corrected chi connectivity index (χ3v) is 2.23. The zero-order valence-electron chi connectivity index (χ0n) is 6.03. The highest BCUT2D eigenvalue weighted by Gasteiger charge is 2.20. The molecule has 0 spiro atoms. The first-order valence-corrected chi connectivity index (χ1v) is 4.57. The molecule has 0 aromatic heterocycles. The van der Waals surface area contributed by atoms with Gasteiger partial charge in [-0.25, -0.2) is 0 Å². The van der Waals surface area contributed by atoms with Crippen molar-refractivity contribution >= 4 is 21.7 Å². The molecule has 0 amide bonds. The van der Waals surface area contributed by atoms with E-state index in [1.165, 1.54) is 0 Å². The van der Waals surface area contributed by atoms with Crippen LogP contribution in [0.4, 0.5) is 0 Å². The van der Waals surface area contributed by atoms with E-state index in [2.05, 4.69) is 15.9 Å². The molecule has 0 aromatic rings. The summed E-state index contributed by atoms with van der Waals surface area (Å²) in [6.07, 6.45) is 7.40. The lowest BCUT2D eigenvalue weighted by atomic mass is 9.93. The second kappa shape index (κ2) is 3.83. The topological polar surface area (TPSA) is 43.1 Å². The summed E-state index contributed by atoms with van der Waals surface area (Å²) < 4.78 is 0. The van der Waals surface area contributed by atoms with E-state index in [0.717, 1.165) is 0 Å². The number of hydrogen-bond donors (Lipinski definition) is 1. The van der Waals surface area contributed by atoms with E-state index < -0.39 is 0 Å². The van der Waals surface area contributed by atoms with E-state index in [-0.39, 0.29) is 17.7 Å². The molecule has 2 atom stereocenters.